The number of rotatable bonds is 16. The second kappa shape index (κ2) is 27.1. The van der Waals surface area contributed by atoms with Gasteiger partial charge in [0.15, 0.2) is 8.24 Å². The number of amides is 2. The number of allylic oxidation sites excluding steroid dienone is 1. The van der Waals surface area contributed by atoms with Gasteiger partial charge in [-0.2, -0.15) is 0 Å². The van der Waals surface area contributed by atoms with Crippen molar-refractivity contribution in [3.05, 3.63) is 136 Å². The van der Waals surface area contributed by atoms with E-state index in [0.29, 0.717) is 84.5 Å². The molecule has 1 saturated heterocycles. The topological polar surface area (TPSA) is 165 Å². The highest BCUT2D eigenvalue weighted by molar-refractivity contribution is 7.89. The van der Waals surface area contributed by atoms with Gasteiger partial charge in [0.2, 0.25) is 31.9 Å². The molecule has 19 heteroatoms. The number of hydrogen-bond acceptors (Lipinski definition) is 7. The zero-order chi connectivity index (χ0) is 57.4. The zero-order valence-corrected chi connectivity index (χ0v) is 50.9. The van der Waals surface area contributed by atoms with Crippen LogP contribution in [0.2, 0.25) is 21.6 Å². The van der Waals surface area contributed by atoms with Crippen LogP contribution in [0.15, 0.2) is 107 Å². The quantitative estimate of drug-likeness (QED) is 0.0714. The molecule has 2 amide bonds. The van der Waals surface area contributed by atoms with E-state index in [1.54, 1.807) is 54.6 Å². The fraction of sp³-hybridized carbons (Fsp3) is 0.500. The van der Waals surface area contributed by atoms with E-state index in [9.17, 15) is 35.2 Å². The molecule has 3 aliphatic carbocycles. The molecule has 3 fully saturated rings. The summed E-state index contributed by atoms with van der Waals surface area (Å²) in [4.78, 5) is 26.0. The van der Waals surface area contributed by atoms with Gasteiger partial charge >= 0.3 is 0 Å². The molecule has 0 spiro atoms. The van der Waals surface area contributed by atoms with Crippen molar-refractivity contribution < 1.29 is 39.9 Å². The first-order valence-electron chi connectivity index (χ1n) is 27.9. The van der Waals surface area contributed by atoms with Crippen LogP contribution in [-0.2, 0) is 40.8 Å². The van der Waals surface area contributed by atoms with E-state index in [1.807, 2.05) is 32.2 Å². The number of sulfonamides is 2. The van der Waals surface area contributed by atoms with Crippen molar-refractivity contribution in [3.8, 4) is 0 Å². The van der Waals surface area contributed by atoms with Crippen LogP contribution in [0, 0.1) is 23.5 Å². The van der Waals surface area contributed by atoms with E-state index in [4.69, 9.17) is 27.9 Å². The minimum Gasteiger partial charge on any atom is -0.381 e. The summed E-state index contributed by atoms with van der Waals surface area (Å²) in [6.45, 7) is 19.4. The molecular formula is C60H79Cl2F2N5O7S2Si. The summed E-state index contributed by atoms with van der Waals surface area (Å²) in [6.07, 6.45) is 11.8. The summed E-state index contributed by atoms with van der Waals surface area (Å²) in [6, 6.07) is 21.6. The summed E-state index contributed by atoms with van der Waals surface area (Å²) in [7, 11) is -9.59. The second-order valence-electron chi connectivity index (χ2n) is 22.7. The Kier molecular flexibility index (Phi) is 21.3. The van der Waals surface area contributed by atoms with Crippen molar-refractivity contribution in [2.45, 2.75) is 177 Å². The number of ether oxygens (including phenoxy) is 1. The van der Waals surface area contributed by atoms with Gasteiger partial charge in [0.25, 0.3) is 0 Å². The van der Waals surface area contributed by atoms with Crippen LogP contribution in [0.5, 0.6) is 0 Å². The number of carbonyl (C=O) groups excluding carboxylic acids is 2. The first-order valence-corrected chi connectivity index (χ1v) is 33.8. The van der Waals surface area contributed by atoms with Gasteiger partial charge in [0.05, 0.1) is 26.9 Å². The standard InChI is InChI=1S/C32H45ClFN3O3SSi.C24H26ClFN2O3S.C4H8O/c1-20(2)42(21(3)4,22(5)6)37-19-30(33)29-17-16-28(18-31(29)37)41(39,40)36-27-14-10-25(11-15-27)32(38)35-23(7)24-8-12-26(34)13-9-24;1-15(16-2-7-19(26)8-3-16)27-24(29)17-4-9-20(10-5-17)28-32(30,31)21-11-12-22-18(14-21)6-13-23(22)25;1-2-4-5-3-1/h8-9,12-13,16-23,25,27,36H,10-11,14-15H2,1-7H3,(H,35,38);2-3,7-8,11-15,17,20,28H,4-6,9-10H2,1H3,(H,27,29);1-4H2/t23-,25?,27?;15-,17?,20?;/m11./s1. The molecule has 4 aromatic carbocycles. The predicted molar refractivity (Wildman–Crippen MR) is 315 cm³/mol. The third kappa shape index (κ3) is 15.2. The summed E-state index contributed by atoms with van der Waals surface area (Å²) in [5.74, 6) is -1.07. The molecule has 430 valence electrons. The van der Waals surface area contributed by atoms with E-state index in [2.05, 4.69) is 65.9 Å². The predicted octanol–water partition coefficient (Wildman–Crippen LogP) is 13.6. The first-order chi connectivity index (χ1) is 37.4. The molecule has 2 saturated carbocycles. The van der Waals surface area contributed by atoms with Crippen LogP contribution in [0.3, 0.4) is 0 Å². The van der Waals surface area contributed by atoms with E-state index < -0.39 is 28.3 Å². The van der Waals surface area contributed by atoms with Gasteiger partial charge in [-0.05, 0) is 172 Å². The van der Waals surface area contributed by atoms with Gasteiger partial charge in [0.1, 0.15) is 11.6 Å². The van der Waals surface area contributed by atoms with Crippen molar-refractivity contribution >= 4 is 79.2 Å². The number of halogens is 4. The molecule has 5 aromatic rings. The Balaban J connectivity index is 0.000000216. The first kappa shape index (κ1) is 62.1. The molecule has 4 aliphatic rings. The number of fused-ring (bicyclic) bond motifs is 2. The minimum absolute atomic E-state index is 0.0499. The summed E-state index contributed by atoms with van der Waals surface area (Å²) >= 11 is 12.8. The normalized spacial score (nSPS) is 20.4. The number of nitrogens with one attached hydrogen (secondary N) is 4. The summed E-state index contributed by atoms with van der Waals surface area (Å²) in [5.41, 5.74) is 5.62. The number of benzene rings is 4. The molecule has 12 nitrogen and oxygen atoms in total. The Bertz CT molecular complexity index is 3130. The number of hydrogen-bond donors (Lipinski definition) is 4. The largest absolute Gasteiger partial charge is 0.381 e. The lowest BCUT2D eigenvalue weighted by Gasteiger charge is -2.44. The number of aromatic nitrogens is 1. The van der Waals surface area contributed by atoms with Crippen molar-refractivity contribution in [1.82, 2.24) is 24.3 Å². The van der Waals surface area contributed by atoms with Crippen molar-refractivity contribution in [1.29, 1.82) is 0 Å². The van der Waals surface area contributed by atoms with Gasteiger partial charge in [-0.25, -0.2) is 35.1 Å². The van der Waals surface area contributed by atoms with E-state index in [-0.39, 0.29) is 69.2 Å². The Morgan fingerprint density at radius 2 is 1.04 bits per heavy atom. The fourth-order valence-electron chi connectivity index (χ4n) is 12.3. The van der Waals surface area contributed by atoms with Crippen LogP contribution in [0.1, 0.15) is 154 Å². The van der Waals surface area contributed by atoms with E-state index in [1.165, 1.54) is 37.1 Å². The van der Waals surface area contributed by atoms with Crippen molar-refractivity contribution in [2.75, 3.05) is 13.2 Å². The Labute approximate surface area is 478 Å². The lowest BCUT2D eigenvalue weighted by molar-refractivity contribution is -0.127. The van der Waals surface area contributed by atoms with Crippen LogP contribution >= 0.6 is 23.2 Å². The molecule has 0 radical (unpaired) electrons. The monoisotopic (exact) mass is 1180 g/mol. The van der Waals surface area contributed by atoms with Crippen molar-refractivity contribution in [3.63, 3.8) is 0 Å². The third-order valence-corrected chi connectivity index (χ3v) is 26.9. The average molecular weight is 1180 g/mol. The second-order valence-corrected chi connectivity index (χ2v) is 32.6. The lowest BCUT2D eigenvalue weighted by Crippen LogP contribution is -2.51. The lowest BCUT2D eigenvalue weighted by atomic mass is 9.85. The SMILES string of the molecule is C1CCOC1.CC(C)[Si](C(C)C)(C(C)C)n1cc(Cl)c2ccc(S(=O)(=O)NC3CCC(C(=O)N[C@H](C)c4ccc(F)cc4)CC3)cc21.C[C@@H](NC(=O)C1CCC(NS(=O)(=O)c2ccc3c(c2)CC=C3Cl)CC1)c1ccc(F)cc1. The minimum atomic E-state index is -3.78. The summed E-state index contributed by atoms with van der Waals surface area (Å²) in [5, 5.41) is 8.18. The molecule has 2 atom stereocenters. The Hall–Kier alpha value is -4.46. The molecule has 0 unspecified atom stereocenters. The van der Waals surface area contributed by atoms with Crippen LogP contribution < -0.4 is 20.1 Å². The average Bonchev–Trinajstić information content (AvgIpc) is 4.41. The molecule has 9 rings (SSSR count). The Morgan fingerprint density at radius 1 is 0.608 bits per heavy atom. The molecule has 0 bridgehead atoms. The Morgan fingerprint density at radius 3 is 1.46 bits per heavy atom. The zero-order valence-electron chi connectivity index (χ0n) is 46.8. The molecule has 1 aliphatic heterocycles. The number of nitrogens with zero attached hydrogens (tertiary/aromatic N) is 1. The van der Waals surface area contributed by atoms with Gasteiger partial charge in [-0.1, -0.05) is 107 Å². The van der Waals surface area contributed by atoms with E-state index in [0.717, 1.165) is 46.4 Å². The molecule has 4 N–H and O–H groups in total. The van der Waals surface area contributed by atoms with Crippen LogP contribution in [0.4, 0.5) is 8.78 Å². The summed E-state index contributed by atoms with van der Waals surface area (Å²) < 4.78 is 92.3. The third-order valence-electron chi connectivity index (χ3n) is 16.5. The molecule has 79 heavy (non-hydrogen) atoms. The number of carbonyl (C=O) groups is 2. The van der Waals surface area contributed by atoms with Gasteiger partial charge in [-0.3, -0.25) is 9.59 Å². The highest BCUT2D eigenvalue weighted by atomic mass is 35.5. The molecule has 2 heterocycles. The van der Waals surface area contributed by atoms with Crippen LogP contribution in [0.25, 0.3) is 15.9 Å². The maximum Gasteiger partial charge on any atom is 0.240 e. The van der Waals surface area contributed by atoms with Crippen molar-refractivity contribution in [2.24, 2.45) is 11.8 Å². The maximum absolute atomic E-state index is 13.6. The van der Waals surface area contributed by atoms with Gasteiger partial charge in [0, 0.05) is 59.3 Å². The van der Waals surface area contributed by atoms with Gasteiger partial charge in [-0.15, -0.1) is 0 Å². The van der Waals surface area contributed by atoms with E-state index >= 15 is 0 Å². The maximum atomic E-state index is 13.6. The highest BCUT2D eigenvalue weighted by Crippen LogP contribution is 2.46. The smallest absolute Gasteiger partial charge is 0.240 e. The van der Waals surface area contributed by atoms with Crippen LogP contribution in [-0.4, -0.2) is 66.4 Å². The highest BCUT2D eigenvalue weighted by Gasteiger charge is 2.46. The molecule has 1 aromatic heterocycles. The fourth-order valence-corrected chi connectivity index (χ4v) is 22.2. The van der Waals surface area contributed by atoms with Gasteiger partial charge < -0.3 is 19.6 Å². The molecular weight excluding hydrogens is 1100 g/mol.